The summed E-state index contributed by atoms with van der Waals surface area (Å²) in [7, 11) is 0. The Morgan fingerprint density at radius 3 is 2.71 bits per heavy atom. The summed E-state index contributed by atoms with van der Waals surface area (Å²) in [6.07, 6.45) is 3.49. The average Bonchev–Trinajstić information content (AvgIpc) is 2.74. The summed E-state index contributed by atoms with van der Waals surface area (Å²) in [6.45, 7) is 3.30. The van der Waals surface area contributed by atoms with Gasteiger partial charge in [0.05, 0.1) is 6.10 Å². The minimum Gasteiger partial charge on any atom is -0.393 e. The quantitative estimate of drug-likeness (QED) is 0.844. The van der Waals surface area contributed by atoms with E-state index in [2.05, 4.69) is 35.2 Å². The van der Waals surface area contributed by atoms with E-state index in [0.29, 0.717) is 5.92 Å². The van der Waals surface area contributed by atoms with Crippen molar-refractivity contribution in [2.24, 2.45) is 11.8 Å². The largest absolute Gasteiger partial charge is 0.393 e. The molecular formula is C15H21NO. The summed E-state index contributed by atoms with van der Waals surface area (Å²) < 4.78 is 0. The molecule has 17 heavy (non-hydrogen) atoms. The van der Waals surface area contributed by atoms with Crippen molar-refractivity contribution in [2.45, 2.75) is 31.9 Å². The van der Waals surface area contributed by atoms with Crippen LogP contribution in [0.25, 0.3) is 0 Å². The van der Waals surface area contributed by atoms with Gasteiger partial charge in [0.1, 0.15) is 0 Å². The maximum absolute atomic E-state index is 10.0. The first-order chi connectivity index (χ1) is 8.33. The van der Waals surface area contributed by atoms with E-state index in [9.17, 15) is 5.11 Å². The summed E-state index contributed by atoms with van der Waals surface area (Å²) in [5.74, 6) is 1.27. The number of aliphatic hydroxyl groups excluding tert-OH is 1. The van der Waals surface area contributed by atoms with Gasteiger partial charge in [-0.2, -0.15) is 0 Å². The van der Waals surface area contributed by atoms with Crippen LogP contribution in [0.2, 0.25) is 0 Å². The van der Waals surface area contributed by atoms with Crippen LogP contribution < -0.4 is 0 Å². The van der Waals surface area contributed by atoms with Crippen LogP contribution >= 0.6 is 0 Å². The molecule has 1 saturated heterocycles. The van der Waals surface area contributed by atoms with Gasteiger partial charge in [-0.15, -0.1) is 0 Å². The molecule has 2 nitrogen and oxygen atoms in total. The van der Waals surface area contributed by atoms with Crippen molar-refractivity contribution in [3.63, 3.8) is 0 Å². The van der Waals surface area contributed by atoms with E-state index >= 15 is 0 Å². The fourth-order valence-electron chi connectivity index (χ4n) is 3.50. The Kier molecular flexibility index (Phi) is 3.17. The fraction of sp³-hybridized carbons (Fsp3) is 0.600. The van der Waals surface area contributed by atoms with Gasteiger partial charge in [-0.05, 0) is 24.3 Å². The molecule has 0 radical (unpaired) electrons. The highest BCUT2D eigenvalue weighted by atomic mass is 16.3. The second-order valence-corrected chi connectivity index (χ2v) is 5.60. The van der Waals surface area contributed by atoms with E-state index in [1.807, 2.05) is 0 Å². The van der Waals surface area contributed by atoms with Crippen LogP contribution in [0.15, 0.2) is 30.3 Å². The zero-order chi connectivity index (χ0) is 11.7. The van der Waals surface area contributed by atoms with Crippen LogP contribution in [0.4, 0.5) is 0 Å². The average molecular weight is 231 g/mol. The highest BCUT2D eigenvalue weighted by molar-refractivity contribution is 5.14. The molecule has 2 fully saturated rings. The minimum atomic E-state index is -0.0467. The third kappa shape index (κ3) is 2.38. The van der Waals surface area contributed by atoms with E-state index < -0.39 is 0 Å². The van der Waals surface area contributed by atoms with E-state index in [0.717, 1.165) is 25.4 Å². The molecule has 0 aromatic heterocycles. The lowest BCUT2D eigenvalue weighted by Gasteiger charge is -2.28. The third-order valence-corrected chi connectivity index (χ3v) is 4.39. The van der Waals surface area contributed by atoms with Crippen molar-refractivity contribution in [1.29, 1.82) is 0 Å². The Bertz CT molecular complexity index is 364. The first-order valence-corrected chi connectivity index (χ1v) is 6.77. The lowest BCUT2D eigenvalue weighted by molar-refractivity contribution is 0.0547. The monoisotopic (exact) mass is 231 g/mol. The van der Waals surface area contributed by atoms with Crippen molar-refractivity contribution in [2.75, 3.05) is 13.1 Å². The summed E-state index contributed by atoms with van der Waals surface area (Å²) in [4.78, 5) is 2.51. The zero-order valence-electron chi connectivity index (χ0n) is 10.3. The SMILES string of the molecule is OC1CCCC2CN(Cc3ccccc3)CC12. The van der Waals surface area contributed by atoms with Crippen molar-refractivity contribution >= 4 is 0 Å². The Morgan fingerprint density at radius 1 is 1.12 bits per heavy atom. The van der Waals surface area contributed by atoms with Crippen LogP contribution in [0.1, 0.15) is 24.8 Å². The van der Waals surface area contributed by atoms with Gasteiger partial charge < -0.3 is 5.11 Å². The van der Waals surface area contributed by atoms with Gasteiger partial charge in [-0.1, -0.05) is 36.8 Å². The molecule has 0 spiro atoms. The number of fused-ring (bicyclic) bond motifs is 1. The molecular weight excluding hydrogens is 210 g/mol. The fourth-order valence-corrected chi connectivity index (χ4v) is 3.50. The normalized spacial score (nSPS) is 33.6. The molecule has 0 amide bonds. The number of nitrogens with zero attached hydrogens (tertiary/aromatic N) is 1. The minimum absolute atomic E-state index is 0.0467. The number of benzene rings is 1. The topological polar surface area (TPSA) is 23.5 Å². The molecule has 1 N–H and O–H groups in total. The lowest BCUT2D eigenvalue weighted by atomic mass is 9.80. The van der Waals surface area contributed by atoms with Gasteiger partial charge in [0.2, 0.25) is 0 Å². The van der Waals surface area contributed by atoms with Gasteiger partial charge in [-0.25, -0.2) is 0 Å². The van der Waals surface area contributed by atoms with Gasteiger partial charge in [0.25, 0.3) is 0 Å². The number of hydrogen-bond acceptors (Lipinski definition) is 2. The Hall–Kier alpha value is -0.860. The summed E-state index contributed by atoms with van der Waals surface area (Å²) in [5, 5.41) is 10.0. The number of likely N-dealkylation sites (tertiary alicyclic amines) is 1. The molecule has 1 aromatic carbocycles. The number of rotatable bonds is 2. The van der Waals surface area contributed by atoms with Crippen LogP contribution in [0, 0.1) is 11.8 Å². The van der Waals surface area contributed by atoms with Crippen molar-refractivity contribution in [3.8, 4) is 0 Å². The molecule has 3 unspecified atom stereocenters. The molecule has 92 valence electrons. The Balaban J connectivity index is 1.64. The van der Waals surface area contributed by atoms with Gasteiger partial charge >= 0.3 is 0 Å². The summed E-state index contributed by atoms with van der Waals surface area (Å²) in [5.41, 5.74) is 1.39. The highest BCUT2D eigenvalue weighted by Crippen LogP contribution is 2.36. The first kappa shape index (κ1) is 11.2. The van der Waals surface area contributed by atoms with Crippen molar-refractivity contribution < 1.29 is 5.11 Å². The molecule has 1 aliphatic heterocycles. The summed E-state index contributed by atoms with van der Waals surface area (Å²) >= 11 is 0. The predicted molar refractivity (Wildman–Crippen MR) is 68.6 cm³/mol. The molecule has 2 aliphatic rings. The first-order valence-electron chi connectivity index (χ1n) is 6.77. The van der Waals surface area contributed by atoms with Crippen LogP contribution in [0.3, 0.4) is 0 Å². The molecule has 2 heteroatoms. The van der Waals surface area contributed by atoms with Crippen LogP contribution in [0.5, 0.6) is 0 Å². The maximum Gasteiger partial charge on any atom is 0.0583 e. The van der Waals surface area contributed by atoms with Crippen LogP contribution in [-0.4, -0.2) is 29.2 Å². The highest BCUT2D eigenvalue weighted by Gasteiger charge is 2.39. The van der Waals surface area contributed by atoms with Gasteiger partial charge in [0.15, 0.2) is 0 Å². The van der Waals surface area contributed by atoms with Gasteiger partial charge in [0, 0.05) is 25.6 Å². The number of aliphatic hydroxyl groups is 1. The molecule has 0 bridgehead atoms. The Morgan fingerprint density at radius 2 is 1.94 bits per heavy atom. The van der Waals surface area contributed by atoms with Crippen molar-refractivity contribution in [3.05, 3.63) is 35.9 Å². The second-order valence-electron chi connectivity index (χ2n) is 5.60. The standard InChI is InChI=1S/C15H21NO/c17-15-8-4-7-13-10-16(11-14(13)15)9-12-5-2-1-3-6-12/h1-3,5-6,13-15,17H,4,7-11H2. The van der Waals surface area contributed by atoms with E-state index in [1.54, 1.807) is 0 Å². The van der Waals surface area contributed by atoms with E-state index in [4.69, 9.17) is 0 Å². The molecule has 3 rings (SSSR count). The predicted octanol–water partition coefficient (Wildman–Crippen LogP) is 2.28. The smallest absolute Gasteiger partial charge is 0.0583 e. The van der Waals surface area contributed by atoms with Gasteiger partial charge in [-0.3, -0.25) is 4.90 Å². The summed E-state index contributed by atoms with van der Waals surface area (Å²) in [6, 6.07) is 10.7. The molecule has 3 atom stereocenters. The third-order valence-electron chi connectivity index (χ3n) is 4.39. The van der Waals surface area contributed by atoms with Crippen LogP contribution in [-0.2, 0) is 6.54 Å². The van der Waals surface area contributed by atoms with E-state index in [1.165, 1.54) is 24.9 Å². The van der Waals surface area contributed by atoms with Crippen molar-refractivity contribution in [1.82, 2.24) is 4.90 Å². The maximum atomic E-state index is 10.0. The zero-order valence-corrected chi connectivity index (χ0v) is 10.3. The molecule has 1 aliphatic carbocycles. The number of hydrogen-bond donors (Lipinski definition) is 1. The molecule has 1 aromatic rings. The lowest BCUT2D eigenvalue weighted by Crippen LogP contribution is -2.31. The second kappa shape index (κ2) is 4.79. The van der Waals surface area contributed by atoms with E-state index in [-0.39, 0.29) is 6.10 Å². The Labute approximate surface area is 103 Å². The molecule has 1 heterocycles. The molecule has 1 saturated carbocycles.